The van der Waals surface area contributed by atoms with Crippen LogP contribution >= 0.6 is 0 Å². The number of nitrogens with zero attached hydrogens (tertiary/aromatic N) is 1. The molecule has 2 saturated heterocycles. The molecule has 0 bridgehead atoms. The molecule has 1 unspecified atom stereocenters. The van der Waals surface area contributed by atoms with Gasteiger partial charge in [0.2, 0.25) is 5.91 Å². The van der Waals surface area contributed by atoms with E-state index in [-0.39, 0.29) is 18.4 Å². The minimum atomic E-state index is -0.914. The Bertz CT molecular complexity index is 426. The van der Waals surface area contributed by atoms with E-state index in [1.807, 2.05) is 13.8 Å². The molecule has 1 atom stereocenters. The van der Waals surface area contributed by atoms with Crippen LogP contribution in [0.1, 0.15) is 20.3 Å². The molecule has 0 aliphatic carbocycles. The van der Waals surface area contributed by atoms with Crippen LogP contribution in [0, 0.1) is 0 Å². The van der Waals surface area contributed by atoms with Crippen LogP contribution in [-0.2, 0) is 9.59 Å². The van der Waals surface area contributed by atoms with Gasteiger partial charge in [-0.15, -0.1) is 0 Å². The van der Waals surface area contributed by atoms with Crippen molar-refractivity contribution in [3.63, 3.8) is 0 Å². The molecule has 2 N–H and O–H groups in total. The third kappa shape index (κ3) is 2.02. The summed E-state index contributed by atoms with van der Waals surface area (Å²) < 4.78 is 0. The largest absolute Gasteiger partial charge is 0.336 e. The summed E-state index contributed by atoms with van der Waals surface area (Å²) >= 11 is 0. The van der Waals surface area contributed by atoms with Crippen LogP contribution in [0.15, 0.2) is 11.6 Å². The normalized spacial score (nSPS) is 27.1. The molecule has 2 fully saturated rings. The molecule has 2 heterocycles. The van der Waals surface area contributed by atoms with E-state index < -0.39 is 11.6 Å². The fraction of sp³-hybridized carbons (Fsp3) is 0.545. The molecular formula is C11H15N3O3. The lowest BCUT2D eigenvalue weighted by Crippen LogP contribution is -2.49. The Morgan fingerprint density at radius 2 is 2.12 bits per heavy atom. The number of amides is 4. The summed E-state index contributed by atoms with van der Waals surface area (Å²) in [7, 11) is 0. The SMILES string of the molecule is CC(C)=CC(=O)N1CCC2(C1)NC(=O)NC2=O. The Morgan fingerprint density at radius 3 is 2.65 bits per heavy atom. The van der Waals surface area contributed by atoms with Crippen molar-refractivity contribution in [3.8, 4) is 0 Å². The summed E-state index contributed by atoms with van der Waals surface area (Å²) in [6.45, 7) is 4.41. The number of carbonyl (C=O) groups is 3. The molecular weight excluding hydrogens is 222 g/mol. The lowest BCUT2D eigenvalue weighted by Gasteiger charge is -2.20. The predicted octanol–water partition coefficient (Wildman–Crippen LogP) is -0.237. The van der Waals surface area contributed by atoms with Gasteiger partial charge in [-0.05, 0) is 20.3 Å². The standard InChI is InChI=1S/C11H15N3O3/c1-7(2)5-8(15)14-4-3-11(6-14)9(16)12-10(17)13-11/h5H,3-4,6H2,1-2H3,(H2,12,13,16,17). The first-order chi connectivity index (χ1) is 7.93. The van der Waals surface area contributed by atoms with Crippen molar-refractivity contribution in [2.24, 2.45) is 0 Å². The van der Waals surface area contributed by atoms with E-state index in [4.69, 9.17) is 0 Å². The van der Waals surface area contributed by atoms with Crippen LogP contribution in [-0.4, -0.2) is 41.4 Å². The first kappa shape index (κ1) is 11.6. The third-order valence-corrected chi connectivity index (χ3v) is 3.01. The maximum atomic E-state index is 11.8. The zero-order valence-corrected chi connectivity index (χ0v) is 9.87. The van der Waals surface area contributed by atoms with Crippen LogP contribution in [0.2, 0.25) is 0 Å². The molecule has 0 aromatic rings. The average Bonchev–Trinajstić information content (AvgIpc) is 2.72. The van der Waals surface area contributed by atoms with Crippen LogP contribution < -0.4 is 10.6 Å². The van der Waals surface area contributed by atoms with Gasteiger partial charge in [0.15, 0.2) is 0 Å². The van der Waals surface area contributed by atoms with Crippen molar-refractivity contribution in [1.29, 1.82) is 0 Å². The molecule has 6 nitrogen and oxygen atoms in total. The number of rotatable bonds is 1. The summed E-state index contributed by atoms with van der Waals surface area (Å²) in [4.78, 5) is 36.1. The van der Waals surface area contributed by atoms with E-state index in [1.54, 1.807) is 4.90 Å². The highest BCUT2D eigenvalue weighted by molar-refractivity contribution is 6.07. The fourth-order valence-corrected chi connectivity index (χ4v) is 2.15. The lowest BCUT2D eigenvalue weighted by atomic mass is 10.00. The zero-order valence-electron chi connectivity index (χ0n) is 9.87. The minimum absolute atomic E-state index is 0.115. The summed E-state index contributed by atoms with van der Waals surface area (Å²) in [5.41, 5.74) is -0.00162. The second-order valence-corrected chi connectivity index (χ2v) is 4.72. The van der Waals surface area contributed by atoms with Gasteiger partial charge in [-0.3, -0.25) is 14.9 Å². The highest BCUT2D eigenvalue weighted by Crippen LogP contribution is 2.24. The molecule has 6 heteroatoms. The van der Waals surface area contributed by atoms with E-state index in [0.29, 0.717) is 13.0 Å². The van der Waals surface area contributed by atoms with E-state index in [9.17, 15) is 14.4 Å². The third-order valence-electron chi connectivity index (χ3n) is 3.01. The number of hydrogen-bond acceptors (Lipinski definition) is 3. The van der Waals surface area contributed by atoms with Crippen LogP contribution in [0.4, 0.5) is 4.79 Å². The van der Waals surface area contributed by atoms with E-state index in [0.717, 1.165) is 5.57 Å². The van der Waals surface area contributed by atoms with Crippen molar-refractivity contribution < 1.29 is 14.4 Å². The van der Waals surface area contributed by atoms with Gasteiger partial charge in [0.25, 0.3) is 5.91 Å². The van der Waals surface area contributed by atoms with Crippen LogP contribution in [0.25, 0.3) is 0 Å². The summed E-state index contributed by atoms with van der Waals surface area (Å²) in [6, 6.07) is -0.480. The first-order valence-electron chi connectivity index (χ1n) is 5.50. The van der Waals surface area contributed by atoms with Gasteiger partial charge >= 0.3 is 6.03 Å². The second-order valence-electron chi connectivity index (χ2n) is 4.72. The average molecular weight is 237 g/mol. The number of allylic oxidation sites excluding steroid dienone is 1. The van der Waals surface area contributed by atoms with Crippen molar-refractivity contribution in [2.45, 2.75) is 25.8 Å². The number of urea groups is 1. The van der Waals surface area contributed by atoms with Gasteiger partial charge in [0.05, 0.1) is 6.54 Å². The topological polar surface area (TPSA) is 78.5 Å². The van der Waals surface area contributed by atoms with Crippen molar-refractivity contribution in [1.82, 2.24) is 15.5 Å². The molecule has 2 aliphatic rings. The number of carbonyl (C=O) groups excluding carboxylic acids is 3. The van der Waals surface area contributed by atoms with Crippen LogP contribution in [0.5, 0.6) is 0 Å². The molecule has 17 heavy (non-hydrogen) atoms. The molecule has 1 spiro atoms. The number of likely N-dealkylation sites (tertiary alicyclic amines) is 1. The van der Waals surface area contributed by atoms with Gasteiger partial charge in [0, 0.05) is 12.6 Å². The van der Waals surface area contributed by atoms with Gasteiger partial charge in [-0.2, -0.15) is 0 Å². The molecule has 0 aromatic carbocycles. The number of imide groups is 1. The maximum absolute atomic E-state index is 11.8. The molecule has 0 radical (unpaired) electrons. The number of hydrogen-bond donors (Lipinski definition) is 2. The molecule has 0 saturated carbocycles. The van der Waals surface area contributed by atoms with E-state index in [2.05, 4.69) is 10.6 Å². The second kappa shape index (κ2) is 3.87. The molecule has 2 rings (SSSR count). The molecule has 4 amide bonds. The summed E-state index contributed by atoms with van der Waals surface area (Å²) in [5, 5.41) is 4.81. The monoisotopic (exact) mass is 237 g/mol. The first-order valence-corrected chi connectivity index (χ1v) is 5.50. The minimum Gasteiger partial charge on any atom is -0.336 e. The fourth-order valence-electron chi connectivity index (χ4n) is 2.15. The highest BCUT2D eigenvalue weighted by Gasteiger charge is 2.51. The Morgan fingerprint density at radius 1 is 1.41 bits per heavy atom. The van der Waals surface area contributed by atoms with Gasteiger partial charge in [0.1, 0.15) is 5.54 Å². The van der Waals surface area contributed by atoms with Gasteiger partial charge in [-0.25, -0.2) is 4.79 Å². The highest BCUT2D eigenvalue weighted by atomic mass is 16.2. The Kier molecular flexibility index (Phi) is 2.65. The van der Waals surface area contributed by atoms with E-state index in [1.165, 1.54) is 6.08 Å². The number of nitrogens with one attached hydrogen (secondary N) is 2. The molecule has 0 aromatic heterocycles. The molecule has 2 aliphatic heterocycles. The van der Waals surface area contributed by atoms with Crippen molar-refractivity contribution in [3.05, 3.63) is 11.6 Å². The van der Waals surface area contributed by atoms with Crippen LogP contribution in [0.3, 0.4) is 0 Å². The zero-order chi connectivity index (χ0) is 12.6. The Labute approximate surface area is 99.0 Å². The Balaban J connectivity index is 2.10. The molecule has 92 valence electrons. The van der Waals surface area contributed by atoms with Crippen molar-refractivity contribution >= 4 is 17.8 Å². The summed E-state index contributed by atoms with van der Waals surface area (Å²) in [6.07, 6.45) is 2.00. The van der Waals surface area contributed by atoms with E-state index >= 15 is 0 Å². The van der Waals surface area contributed by atoms with Crippen molar-refractivity contribution in [2.75, 3.05) is 13.1 Å². The smallest absolute Gasteiger partial charge is 0.322 e. The quantitative estimate of drug-likeness (QED) is 0.488. The maximum Gasteiger partial charge on any atom is 0.322 e. The Hall–Kier alpha value is -1.85. The predicted molar refractivity (Wildman–Crippen MR) is 60.0 cm³/mol. The van der Waals surface area contributed by atoms with Gasteiger partial charge < -0.3 is 10.2 Å². The lowest BCUT2D eigenvalue weighted by molar-refractivity contribution is -0.126. The summed E-state index contributed by atoms with van der Waals surface area (Å²) in [5.74, 6) is -0.453. The van der Waals surface area contributed by atoms with Gasteiger partial charge in [-0.1, -0.05) is 5.57 Å².